The van der Waals surface area contributed by atoms with E-state index < -0.39 is 0 Å². The summed E-state index contributed by atoms with van der Waals surface area (Å²) in [6.07, 6.45) is 6.49. The fourth-order valence-corrected chi connectivity index (χ4v) is 3.73. The number of hydrogen-bond donors (Lipinski definition) is 1. The van der Waals surface area contributed by atoms with Crippen molar-refractivity contribution in [3.8, 4) is 11.5 Å². The van der Waals surface area contributed by atoms with Crippen molar-refractivity contribution < 1.29 is 9.47 Å². The average molecular weight is 327 g/mol. The molecular weight excluding hydrogens is 302 g/mol. The molecule has 1 aromatic heterocycles. The van der Waals surface area contributed by atoms with Crippen LogP contribution in [0.15, 0.2) is 24.4 Å². The van der Waals surface area contributed by atoms with Crippen LogP contribution in [0.1, 0.15) is 49.0 Å². The van der Waals surface area contributed by atoms with Gasteiger partial charge in [-0.3, -0.25) is 4.68 Å². The lowest BCUT2D eigenvalue weighted by Crippen LogP contribution is -2.25. The Kier molecular flexibility index (Phi) is 4.43. The summed E-state index contributed by atoms with van der Waals surface area (Å²) in [6.45, 7) is 5.33. The fraction of sp³-hybridized carbons (Fsp3) is 0.526. The fourth-order valence-electron chi connectivity index (χ4n) is 3.73. The summed E-state index contributed by atoms with van der Waals surface area (Å²) in [6, 6.07) is 6.54. The van der Waals surface area contributed by atoms with Crippen molar-refractivity contribution in [3.05, 3.63) is 41.2 Å². The number of benzene rings is 1. The molecule has 2 heterocycles. The lowest BCUT2D eigenvalue weighted by molar-refractivity contribution is 0.295. The number of fused-ring (bicyclic) bond motifs is 2. The number of aromatic nitrogens is 2. The molecule has 2 aliphatic rings. The van der Waals surface area contributed by atoms with Gasteiger partial charge in [-0.1, -0.05) is 12.1 Å². The maximum Gasteiger partial charge on any atom is 0.165 e. The Labute approximate surface area is 143 Å². The Morgan fingerprint density at radius 3 is 3.08 bits per heavy atom. The molecule has 128 valence electrons. The van der Waals surface area contributed by atoms with E-state index in [4.69, 9.17) is 9.47 Å². The van der Waals surface area contributed by atoms with E-state index in [1.165, 1.54) is 23.2 Å². The molecule has 0 spiro atoms. The van der Waals surface area contributed by atoms with Gasteiger partial charge in [-0.2, -0.15) is 5.10 Å². The minimum Gasteiger partial charge on any atom is -0.490 e. The Morgan fingerprint density at radius 2 is 2.17 bits per heavy atom. The first-order chi connectivity index (χ1) is 11.9. The van der Waals surface area contributed by atoms with Crippen LogP contribution in [0.5, 0.6) is 11.5 Å². The highest BCUT2D eigenvalue weighted by atomic mass is 16.5. The van der Waals surface area contributed by atoms with Gasteiger partial charge in [0.15, 0.2) is 11.5 Å². The predicted molar refractivity (Wildman–Crippen MR) is 92.5 cm³/mol. The lowest BCUT2D eigenvalue weighted by atomic mass is 9.92. The molecule has 0 saturated carbocycles. The van der Waals surface area contributed by atoms with Gasteiger partial charge in [-0.25, -0.2) is 0 Å². The number of para-hydroxylation sites is 1. The maximum atomic E-state index is 5.93. The summed E-state index contributed by atoms with van der Waals surface area (Å²) < 4.78 is 13.9. The number of hydrogen-bond acceptors (Lipinski definition) is 4. The standard InChI is InChI=1S/C19H25N3O2/c1-2-22-17-8-4-7-16(15(17)13-21-22)20-12-14-6-3-9-18-19(14)24-11-5-10-23-18/h3,6,9,13,16,20H,2,4-5,7-8,10-12H2,1H3/t16-/m0/s1. The van der Waals surface area contributed by atoms with E-state index in [1.54, 1.807) is 0 Å². The molecule has 5 heteroatoms. The van der Waals surface area contributed by atoms with Crippen LogP contribution < -0.4 is 14.8 Å². The highest BCUT2D eigenvalue weighted by Crippen LogP contribution is 2.34. The molecule has 1 N–H and O–H groups in total. The van der Waals surface area contributed by atoms with Crippen LogP contribution in [0, 0.1) is 0 Å². The van der Waals surface area contributed by atoms with E-state index in [0.29, 0.717) is 6.04 Å². The zero-order chi connectivity index (χ0) is 16.4. The molecule has 0 fully saturated rings. The van der Waals surface area contributed by atoms with Crippen LogP contribution >= 0.6 is 0 Å². The normalized spacial score (nSPS) is 19.6. The largest absolute Gasteiger partial charge is 0.490 e. The van der Waals surface area contributed by atoms with Crippen LogP contribution in [-0.4, -0.2) is 23.0 Å². The van der Waals surface area contributed by atoms with Crippen LogP contribution in [0.2, 0.25) is 0 Å². The summed E-state index contributed by atoms with van der Waals surface area (Å²) in [5.74, 6) is 1.78. The predicted octanol–water partition coefficient (Wildman–Crippen LogP) is 3.23. The monoisotopic (exact) mass is 327 g/mol. The zero-order valence-corrected chi connectivity index (χ0v) is 14.3. The Balaban J connectivity index is 1.51. The first kappa shape index (κ1) is 15.5. The van der Waals surface area contributed by atoms with Gasteiger partial charge in [0.1, 0.15) is 0 Å². The minimum absolute atomic E-state index is 0.372. The molecule has 0 saturated heterocycles. The molecule has 1 atom stereocenters. The lowest BCUT2D eigenvalue weighted by Gasteiger charge is -2.25. The Bertz CT molecular complexity index is 711. The number of ether oxygens (including phenoxy) is 2. The van der Waals surface area contributed by atoms with E-state index in [0.717, 1.165) is 57.1 Å². The molecule has 1 aromatic carbocycles. The minimum atomic E-state index is 0.372. The molecule has 1 aliphatic heterocycles. The van der Waals surface area contributed by atoms with E-state index in [-0.39, 0.29) is 0 Å². The molecule has 24 heavy (non-hydrogen) atoms. The second-order valence-corrected chi connectivity index (χ2v) is 6.48. The third-order valence-corrected chi connectivity index (χ3v) is 4.95. The van der Waals surface area contributed by atoms with Gasteiger partial charge < -0.3 is 14.8 Å². The van der Waals surface area contributed by atoms with Crippen LogP contribution in [-0.2, 0) is 19.5 Å². The third kappa shape index (κ3) is 2.88. The highest BCUT2D eigenvalue weighted by Gasteiger charge is 2.24. The van der Waals surface area contributed by atoms with Crippen molar-refractivity contribution in [3.63, 3.8) is 0 Å². The van der Waals surface area contributed by atoms with Crippen molar-refractivity contribution >= 4 is 0 Å². The topological polar surface area (TPSA) is 48.3 Å². The second kappa shape index (κ2) is 6.85. The van der Waals surface area contributed by atoms with Crippen molar-refractivity contribution in [2.24, 2.45) is 0 Å². The van der Waals surface area contributed by atoms with Gasteiger partial charge in [-0.15, -0.1) is 0 Å². The molecule has 1 aliphatic carbocycles. The van der Waals surface area contributed by atoms with Gasteiger partial charge >= 0.3 is 0 Å². The van der Waals surface area contributed by atoms with Gasteiger partial charge in [-0.05, 0) is 32.3 Å². The van der Waals surface area contributed by atoms with Crippen molar-refractivity contribution in [2.75, 3.05) is 13.2 Å². The summed E-state index contributed by atoms with van der Waals surface area (Å²) in [4.78, 5) is 0. The van der Waals surface area contributed by atoms with E-state index >= 15 is 0 Å². The Hall–Kier alpha value is -2.01. The molecule has 0 unspecified atom stereocenters. The number of nitrogens with one attached hydrogen (secondary N) is 1. The number of nitrogens with zero attached hydrogens (tertiary/aromatic N) is 2. The Morgan fingerprint density at radius 1 is 1.25 bits per heavy atom. The molecule has 0 amide bonds. The molecule has 4 rings (SSSR count). The second-order valence-electron chi connectivity index (χ2n) is 6.48. The van der Waals surface area contributed by atoms with Gasteiger partial charge in [0, 0.05) is 42.4 Å². The summed E-state index contributed by atoms with van der Waals surface area (Å²) in [7, 11) is 0. The zero-order valence-electron chi connectivity index (χ0n) is 14.3. The number of aryl methyl sites for hydroxylation is 1. The number of rotatable bonds is 4. The van der Waals surface area contributed by atoms with Gasteiger partial charge in [0.25, 0.3) is 0 Å². The van der Waals surface area contributed by atoms with Crippen molar-refractivity contribution in [1.29, 1.82) is 0 Å². The van der Waals surface area contributed by atoms with Crippen LogP contribution in [0.3, 0.4) is 0 Å². The van der Waals surface area contributed by atoms with Crippen molar-refractivity contribution in [2.45, 2.75) is 51.7 Å². The van der Waals surface area contributed by atoms with Gasteiger partial charge in [0.05, 0.1) is 19.4 Å². The highest BCUT2D eigenvalue weighted by molar-refractivity contribution is 5.47. The van der Waals surface area contributed by atoms with Crippen LogP contribution in [0.25, 0.3) is 0 Å². The summed E-state index contributed by atoms with van der Waals surface area (Å²) in [5, 5.41) is 8.25. The summed E-state index contributed by atoms with van der Waals surface area (Å²) in [5.41, 5.74) is 3.93. The molecule has 2 aromatic rings. The van der Waals surface area contributed by atoms with Crippen LogP contribution in [0.4, 0.5) is 0 Å². The van der Waals surface area contributed by atoms with E-state index in [9.17, 15) is 0 Å². The third-order valence-electron chi connectivity index (χ3n) is 4.95. The average Bonchev–Trinajstić information content (AvgIpc) is 2.89. The van der Waals surface area contributed by atoms with Crippen molar-refractivity contribution in [1.82, 2.24) is 15.1 Å². The molecular formula is C19H25N3O2. The van der Waals surface area contributed by atoms with E-state index in [1.807, 2.05) is 18.3 Å². The first-order valence-corrected chi connectivity index (χ1v) is 9.02. The quantitative estimate of drug-likeness (QED) is 0.936. The maximum absolute atomic E-state index is 5.93. The van der Waals surface area contributed by atoms with Gasteiger partial charge in [0.2, 0.25) is 0 Å². The summed E-state index contributed by atoms with van der Waals surface area (Å²) >= 11 is 0. The first-order valence-electron chi connectivity index (χ1n) is 9.02. The smallest absolute Gasteiger partial charge is 0.165 e. The molecule has 5 nitrogen and oxygen atoms in total. The SMILES string of the molecule is CCn1ncc2c1CCC[C@@H]2NCc1cccc2c1OCCCO2. The molecule has 0 bridgehead atoms. The molecule has 0 radical (unpaired) electrons. The van der Waals surface area contributed by atoms with E-state index in [2.05, 4.69) is 28.1 Å².